The van der Waals surface area contributed by atoms with Crippen LogP contribution in [0.4, 0.5) is 0 Å². The summed E-state index contributed by atoms with van der Waals surface area (Å²) in [5.74, 6) is 0.985. The van der Waals surface area contributed by atoms with E-state index < -0.39 is 5.54 Å². The summed E-state index contributed by atoms with van der Waals surface area (Å²) in [7, 11) is 4.23. The van der Waals surface area contributed by atoms with Crippen molar-refractivity contribution >= 4 is 5.91 Å². The lowest BCUT2D eigenvalue weighted by molar-refractivity contribution is -0.138. The van der Waals surface area contributed by atoms with Gasteiger partial charge in [0.2, 0.25) is 5.91 Å². The maximum absolute atomic E-state index is 12.4. The fraction of sp³-hybridized carbons (Fsp3) is 0.929. The van der Waals surface area contributed by atoms with Crippen LogP contribution < -0.4 is 5.32 Å². The Hall–Kier alpha value is -0.610. The number of nitrogens with one attached hydrogen (secondary N) is 1. The van der Waals surface area contributed by atoms with Crippen LogP contribution in [0.1, 0.15) is 33.6 Å². The van der Waals surface area contributed by atoms with Gasteiger partial charge in [-0.05, 0) is 53.2 Å². The van der Waals surface area contributed by atoms with E-state index in [-0.39, 0.29) is 5.91 Å². The Kier molecular flexibility index (Phi) is 5.60. The van der Waals surface area contributed by atoms with Crippen LogP contribution in [0.25, 0.3) is 0 Å². The molecule has 106 valence electrons. The highest BCUT2D eigenvalue weighted by atomic mass is 16.2. The number of likely N-dealkylation sites (tertiary alicyclic amines) is 1. The predicted octanol–water partition coefficient (Wildman–Crippen LogP) is 1.17. The quantitative estimate of drug-likeness (QED) is 0.801. The average molecular weight is 255 g/mol. The Morgan fingerprint density at radius 2 is 1.89 bits per heavy atom. The van der Waals surface area contributed by atoms with E-state index in [1.54, 1.807) is 0 Å². The van der Waals surface area contributed by atoms with E-state index in [1.807, 2.05) is 25.7 Å². The summed E-state index contributed by atoms with van der Waals surface area (Å²) in [6, 6.07) is 0. The molecule has 0 unspecified atom stereocenters. The molecule has 0 spiro atoms. The van der Waals surface area contributed by atoms with Gasteiger partial charge >= 0.3 is 0 Å². The van der Waals surface area contributed by atoms with Crippen LogP contribution >= 0.6 is 0 Å². The van der Waals surface area contributed by atoms with E-state index in [0.717, 1.165) is 44.9 Å². The molecule has 1 aliphatic heterocycles. The molecule has 1 amide bonds. The van der Waals surface area contributed by atoms with Gasteiger partial charge in [-0.15, -0.1) is 0 Å². The van der Waals surface area contributed by atoms with Crippen molar-refractivity contribution in [2.75, 3.05) is 40.3 Å². The first-order valence-corrected chi connectivity index (χ1v) is 7.06. The summed E-state index contributed by atoms with van der Waals surface area (Å²) in [6.45, 7) is 9.78. The highest BCUT2D eigenvalue weighted by Crippen LogP contribution is 2.20. The second kappa shape index (κ2) is 6.53. The summed E-state index contributed by atoms with van der Waals surface area (Å²) in [5.41, 5.74) is -0.427. The third kappa shape index (κ3) is 4.25. The first-order valence-electron chi connectivity index (χ1n) is 7.06. The molecule has 0 aliphatic carbocycles. The van der Waals surface area contributed by atoms with Crippen molar-refractivity contribution in [1.82, 2.24) is 15.1 Å². The van der Waals surface area contributed by atoms with Gasteiger partial charge in [-0.3, -0.25) is 4.79 Å². The first-order chi connectivity index (χ1) is 8.36. The normalized spacial score (nSPS) is 18.4. The molecule has 1 saturated heterocycles. The van der Waals surface area contributed by atoms with Gasteiger partial charge < -0.3 is 15.1 Å². The number of piperidine rings is 1. The summed E-state index contributed by atoms with van der Waals surface area (Å²) in [6.07, 6.45) is 2.26. The van der Waals surface area contributed by atoms with Crippen LogP contribution in [0.3, 0.4) is 0 Å². The molecule has 0 aromatic carbocycles. The minimum Gasteiger partial charge on any atom is -0.341 e. The molecule has 0 aromatic rings. The molecular weight excluding hydrogens is 226 g/mol. The molecule has 0 bridgehead atoms. The number of carbonyl (C=O) groups is 1. The topological polar surface area (TPSA) is 35.6 Å². The zero-order valence-corrected chi connectivity index (χ0v) is 12.6. The number of carbonyl (C=O) groups excluding carboxylic acids is 1. The lowest BCUT2D eigenvalue weighted by Gasteiger charge is -2.37. The molecule has 1 rings (SSSR count). The molecule has 1 heterocycles. The van der Waals surface area contributed by atoms with E-state index in [2.05, 4.69) is 24.3 Å². The number of amides is 1. The zero-order valence-electron chi connectivity index (χ0n) is 12.6. The largest absolute Gasteiger partial charge is 0.341 e. The van der Waals surface area contributed by atoms with Crippen LogP contribution in [0.15, 0.2) is 0 Å². The van der Waals surface area contributed by atoms with Crippen LogP contribution in [-0.2, 0) is 4.79 Å². The van der Waals surface area contributed by atoms with E-state index in [1.165, 1.54) is 0 Å². The van der Waals surface area contributed by atoms with Gasteiger partial charge in [-0.2, -0.15) is 0 Å². The molecule has 1 aliphatic rings. The third-order valence-corrected chi connectivity index (χ3v) is 3.68. The van der Waals surface area contributed by atoms with Gasteiger partial charge in [0.25, 0.3) is 0 Å². The zero-order chi connectivity index (χ0) is 13.8. The molecule has 0 radical (unpaired) electrons. The molecule has 1 N–H and O–H groups in total. The maximum Gasteiger partial charge on any atom is 0.242 e. The van der Waals surface area contributed by atoms with Gasteiger partial charge in [0.15, 0.2) is 0 Å². The SMILES string of the molecule is CCNC(C)(C)C(=O)N1CCC(CN(C)C)CC1. The predicted molar refractivity (Wildman–Crippen MR) is 75.6 cm³/mol. The minimum absolute atomic E-state index is 0.243. The van der Waals surface area contributed by atoms with E-state index in [9.17, 15) is 4.79 Å². The fourth-order valence-corrected chi connectivity index (χ4v) is 2.75. The van der Waals surface area contributed by atoms with Gasteiger partial charge in [-0.1, -0.05) is 6.92 Å². The second-order valence-electron chi connectivity index (χ2n) is 6.15. The molecular formula is C14H29N3O. The van der Waals surface area contributed by atoms with Crippen molar-refractivity contribution in [3.8, 4) is 0 Å². The van der Waals surface area contributed by atoms with E-state index in [0.29, 0.717) is 0 Å². The molecule has 4 nitrogen and oxygen atoms in total. The monoisotopic (exact) mass is 255 g/mol. The van der Waals surface area contributed by atoms with Crippen LogP contribution in [0, 0.1) is 5.92 Å². The third-order valence-electron chi connectivity index (χ3n) is 3.68. The first kappa shape index (κ1) is 15.4. The number of rotatable bonds is 5. The van der Waals surface area contributed by atoms with Crippen LogP contribution in [0.2, 0.25) is 0 Å². The Labute approximate surface area is 112 Å². The van der Waals surface area contributed by atoms with Crippen LogP contribution in [-0.4, -0.2) is 61.5 Å². The van der Waals surface area contributed by atoms with Crippen LogP contribution in [0.5, 0.6) is 0 Å². The minimum atomic E-state index is -0.427. The maximum atomic E-state index is 12.4. The molecule has 0 atom stereocenters. The van der Waals surface area contributed by atoms with Gasteiger partial charge in [0.05, 0.1) is 5.54 Å². The smallest absolute Gasteiger partial charge is 0.242 e. The highest BCUT2D eigenvalue weighted by Gasteiger charge is 2.33. The lowest BCUT2D eigenvalue weighted by atomic mass is 9.94. The number of nitrogens with zero attached hydrogens (tertiary/aromatic N) is 2. The molecule has 1 fully saturated rings. The van der Waals surface area contributed by atoms with Crippen molar-refractivity contribution in [2.24, 2.45) is 5.92 Å². The van der Waals surface area contributed by atoms with Crippen molar-refractivity contribution in [2.45, 2.75) is 39.2 Å². The Morgan fingerprint density at radius 1 is 1.33 bits per heavy atom. The second-order valence-corrected chi connectivity index (χ2v) is 6.15. The number of likely N-dealkylation sites (N-methyl/N-ethyl adjacent to an activating group) is 1. The van der Waals surface area contributed by atoms with Gasteiger partial charge in [0, 0.05) is 19.6 Å². The summed E-state index contributed by atoms with van der Waals surface area (Å²) in [4.78, 5) is 16.7. The number of hydrogen-bond acceptors (Lipinski definition) is 3. The van der Waals surface area contributed by atoms with E-state index >= 15 is 0 Å². The number of hydrogen-bond donors (Lipinski definition) is 1. The molecule has 0 aromatic heterocycles. The Bertz CT molecular complexity index is 268. The summed E-state index contributed by atoms with van der Waals surface area (Å²) < 4.78 is 0. The average Bonchev–Trinajstić information content (AvgIpc) is 2.28. The highest BCUT2D eigenvalue weighted by molar-refractivity contribution is 5.85. The van der Waals surface area contributed by atoms with E-state index in [4.69, 9.17) is 0 Å². The molecule has 0 saturated carbocycles. The van der Waals surface area contributed by atoms with Crippen molar-refractivity contribution < 1.29 is 4.79 Å². The Morgan fingerprint density at radius 3 is 2.33 bits per heavy atom. The molecule has 4 heteroatoms. The van der Waals surface area contributed by atoms with Crippen molar-refractivity contribution in [3.05, 3.63) is 0 Å². The van der Waals surface area contributed by atoms with Gasteiger partial charge in [-0.25, -0.2) is 0 Å². The van der Waals surface area contributed by atoms with Crippen molar-refractivity contribution in [1.29, 1.82) is 0 Å². The lowest BCUT2D eigenvalue weighted by Crippen LogP contribution is -2.55. The van der Waals surface area contributed by atoms with Crippen molar-refractivity contribution in [3.63, 3.8) is 0 Å². The standard InChI is InChI=1S/C14H29N3O/c1-6-15-14(2,3)13(18)17-9-7-12(8-10-17)11-16(4)5/h12,15H,6-11H2,1-5H3. The fourth-order valence-electron chi connectivity index (χ4n) is 2.75. The summed E-state index contributed by atoms with van der Waals surface area (Å²) in [5, 5.41) is 3.26. The van der Waals surface area contributed by atoms with Gasteiger partial charge in [0.1, 0.15) is 0 Å². The molecule has 18 heavy (non-hydrogen) atoms. The Balaban J connectivity index is 2.45. The summed E-state index contributed by atoms with van der Waals surface area (Å²) >= 11 is 0.